The number of fused-ring (bicyclic) bond motifs is 1. The van der Waals surface area contributed by atoms with Crippen LogP contribution in [0.15, 0.2) is 24.3 Å². The molecule has 0 bridgehead atoms. The Morgan fingerprint density at radius 1 is 1.39 bits per heavy atom. The van der Waals surface area contributed by atoms with Crippen molar-refractivity contribution in [2.45, 2.75) is 25.3 Å². The van der Waals surface area contributed by atoms with Crippen molar-refractivity contribution in [1.82, 2.24) is 9.55 Å². The van der Waals surface area contributed by atoms with Crippen LogP contribution in [-0.4, -0.2) is 21.5 Å². The van der Waals surface area contributed by atoms with Gasteiger partial charge in [0.2, 0.25) is 5.95 Å². The second-order valence-electron chi connectivity index (χ2n) is 5.08. The number of aromatic nitrogens is 2. The quantitative estimate of drug-likeness (QED) is 0.861. The van der Waals surface area contributed by atoms with Crippen molar-refractivity contribution in [3.8, 4) is 0 Å². The molecule has 2 atom stereocenters. The number of benzene rings is 1. The third kappa shape index (κ3) is 1.97. The van der Waals surface area contributed by atoms with Crippen LogP contribution in [0, 0.1) is 5.92 Å². The smallest absolute Gasteiger partial charge is 0.203 e. The molecule has 0 spiro atoms. The fraction of sp³-hybridized carbons (Fsp3) is 0.500. The first-order chi connectivity index (χ1) is 8.79. The van der Waals surface area contributed by atoms with Crippen molar-refractivity contribution < 1.29 is 0 Å². The summed E-state index contributed by atoms with van der Waals surface area (Å²) in [6.07, 6.45) is 3.69. The Hall–Kier alpha value is -1.22. The summed E-state index contributed by atoms with van der Waals surface area (Å²) in [5.41, 5.74) is 2.21. The molecule has 0 amide bonds. The lowest BCUT2D eigenvalue weighted by Gasteiger charge is -2.19. The molecule has 2 unspecified atom stereocenters. The zero-order chi connectivity index (χ0) is 12.5. The third-order valence-corrected chi connectivity index (χ3v) is 4.36. The Morgan fingerprint density at radius 2 is 2.22 bits per heavy atom. The van der Waals surface area contributed by atoms with Gasteiger partial charge in [-0.3, -0.25) is 0 Å². The van der Waals surface area contributed by atoms with Crippen molar-refractivity contribution in [1.29, 1.82) is 0 Å². The molecule has 18 heavy (non-hydrogen) atoms. The number of hydrogen-bond acceptors (Lipinski definition) is 2. The summed E-state index contributed by atoms with van der Waals surface area (Å²) in [7, 11) is 2.06. The molecule has 2 aromatic rings. The van der Waals surface area contributed by atoms with Gasteiger partial charge in [-0.1, -0.05) is 18.6 Å². The maximum absolute atomic E-state index is 6.02. The van der Waals surface area contributed by atoms with Crippen LogP contribution in [0.2, 0.25) is 0 Å². The molecule has 1 heterocycles. The van der Waals surface area contributed by atoms with Gasteiger partial charge in [-0.05, 0) is 30.9 Å². The number of hydrogen-bond donors (Lipinski definition) is 1. The highest BCUT2D eigenvalue weighted by Gasteiger charge is 2.27. The number of anilines is 1. The zero-order valence-electron chi connectivity index (χ0n) is 10.6. The molecule has 1 aliphatic carbocycles. The Labute approximate surface area is 112 Å². The number of halogens is 1. The molecule has 0 radical (unpaired) electrons. The molecule has 4 heteroatoms. The summed E-state index contributed by atoms with van der Waals surface area (Å²) < 4.78 is 2.12. The van der Waals surface area contributed by atoms with Gasteiger partial charge < -0.3 is 9.88 Å². The standard InChI is InChI=1S/C14H18ClN3/c1-18-13-8-3-2-6-12(13)17-14(18)16-11-7-4-5-10(11)9-15/h2-3,6,8,10-11H,4-5,7,9H2,1H3,(H,16,17). The van der Waals surface area contributed by atoms with E-state index < -0.39 is 0 Å². The Balaban J connectivity index is 1.88. The summed E-state index contributed by atoms with van der Waals surface area (Å²) >= 11 is 6.02. The van der Waals surface area contributed by atoms with Gasteiger partial charge in [0.1, 0.15) is 0 Å². The largest absolute Gasteiger partial charge is 0.353 e. The minimum Gasteiger partial charge on any atom is -0.353 e. The number of alkyl halides is 1. The zero-order valence-corrected chi connectivity index (χ0v) is 11.3. The van der Waals surface area contributed by atoms with E-state index in [0.717, 1.165) is 17.3 Å². The van der Waals surface area contributed by atoms with Gasteiger partial charge in [-0.15, -0.1) is 11.6 Å². The van der Waals surface area contributed by atoms with Gasteiger partial charge in [-0.25, -0.2) is 4.98 Å². The summed E-state index contributed by atoms with van der Waals surface area (Å²) in [6.45, 7) is 0. The highest BCUT2D eigenvalue weighted by Crippen LogP contribution is 2.29. The molecule has 1 aromatic heterocycles. The Morgan fingerprint density at radius 3 is 3.00 bits per heavy atom. The van der Waals surface area contributed by atoms with Crippen LogP contribution in [0.3, 0.4) is 0 Å². The number of nitrogens with zero attached hydrogens (tertiary/aromatic N) is 2. The van der Waals surface area contributed by atoms with E-state index >= 15 is 0 Å². The number of rotatable bonds is 3. The van der Waals surface area contributed by atoms with E-state index in [1.54, 1.807) is 0 Å². The van der Waals surface area contributed by atoms with Gasteiger partial charge in [0.15, 0.2) is 0 Å². The average molecular weight is 264 g/mol. The lowest BCUT2D eigenvalue weighted by molar-refractivity contribution is 0.557. The van der Waals surface area contributed by atoms with Crippen LogP contribution >= 0.6 is 11.6 Å². The second-order valence-corrected chi connectivity index (χ2v) is 5.39. The molecule has 3 rings (SSSR count). The average Bonchev–Trinajstić information content (AvgIpc) is 2.96. The van der Waals surface area contributed by atoms with E-state index in [4.69, 9.17) is 11.6 Å². The molecule has 1 aliphatic rings. The first kappa shape index (κ1) is 11.8. The first-order valence-electron chi connectivity index (χ1n) is 6.53. The van der Waals surface area contributed by atoms with Gasteiger partial charge >= 0.3 is 0 Å². The van der Waals surface area contributed by atoms with Crippen LogP contribution in [0.25, 0.3) is 11.0 Å². The molecule has 0 saturated heterocycles. The second kappa shape index (κ2) is 4.81. The van der Waals surface area contributed by atoms with E-state index in [-0.39, 0.29) is 0 Å². The maximum atomic E-state index is 6.02. The van der Waals surface area contributed by atoms with E-state index in [0.29, 0.717) is 12.0 Å². The topological polar surface area (TPSA) is 29.9 Å². The van der Waals surface area contributed by atoms with Crippen LogP contribution in [-0.2, 0) is 7.05 Å². The number of para-hydroxylation sites is 2. The fourth-order valence-electron chi connectivity index (χ4n) is 2.85. The van der Waals surface area contributed by atoms with E-state index in [9.17, 15) is 0 Å². The highest BCUT2D eigenvalue weighted by molar-refractivity contribution is 6.18. The predicted octanol–water partition coefficient (Wildman–Crippen LogP) is 3.39. The van der Waals surface area contributed by atoms with Crippen molar-refractivity contribution in [2.24, 2.45) is 13.0 Å². The summed E-state index contributed by atoms with van der Waals surface area (Å²) in [4.78, 5) is 4.65. The lowest BCUT2D eigenvalue weighted by Crippen LogP contribution is -2.26. The summed E-state index contributed by atoms with van der Waals surface area (Å²) in [5, 5.41) is 3.57. The Bertz CT molecular complexity index is 549. The Kier molecular flexibility index (Phi) is 3.16. The summed E-state index contributed by atoms with van der Waals surface area (Å²) in [5.74, 6) is 2.27. The normalized spacial score (nSPS) is 23.7. The van der Waals surface area contributed by atoms with Crippen molar-refractivity contribution in [2.75, 3.05) is 11.2 Å². The molecule has 3 nitrogen and oxygen atoms in total. The lowest BCUT2D eigenvalue weighted by atomic mass is 10.1. The number of nitrogens with one attached hydrogen (secondary N) is 1. The van der Waals surface area contributed by atoms with Gasteiger partial charge in [-0.2, -0.15) is 0 Å². The molecule has 1 N–H and O–H groups in total. The minimum atomic E-state index is 0.470. The molecule has 1 fully saturated rings. The molecular weight excluding hydrogens is 246 g/mol. The van der Waals surface area contributed by atoms with E-state index in [1.165, 1.54) is 24.8 Å². The summed E-state index contributed by atoms with van der Waals surface area (Å²) in [6, 6.07) is 8.69. The molecule has 1 saturated carbocycles. The monoisotopic (exact) mass is 263 g/mol. The molecular formula is C14H18ClN3. The van der Waals surface area contributed by atoms with Crippen LogP contribution in [0.4, 0.5) is 5.95 Å². The van der Waals surface area contributed by atoms with Crippen molar-refractivity contribution in [3.05, 3.63) is 24.3 Å². The van der Waals surface area contributed by atoms with Crippen LogP contribution < -0.4 is 5.32 Å². The minimum absolute atomic E-state index is 0.470. The molecule has 1 aromatic carbocycles. The van der Waals surface area contributed by atoms with Crippen molar-refractivity contribution >= 4 is 28.6 Å². The van der Waals surface area contributed by atoms with Gasteiger partial charge in [0, 0.05) is 19.0 Å². The maximum Gasteiger partial charge on any atom is 0.203 e. The van der Waals surface area contributed by atoms with Gasteiger partial charge in [0.05, 0.1) is 11.0 Å². The third-order valence-electron chi connectivity index (χ3n) is 3.96. The van der Waals surface area contributed by atoms with E-state index in [1.807, 2.05) is 18.2 Å². The first-order valence-corrected chi connectivity index (χ1v) is 7.07. The van der Waals surface area contributed by atoms with Crippen molar-refractivity contribution in [3.63, 3.8) is 0 Å². The molecule has 0 aliphatic heterocycles. The number of aryl methyl sites for hydroxylation is 1. The fourth-order valence-corrected chi connectivity index (χ4v) is 3.22. The van der Waals surface area contributed by atoms with Gasteiger partial charge in [0.25, 0.3) is 0 Å². The molecule has 96 valence electrons. The SMILES string of the molecule is Cn1c(NC2CCCC2CCl)nc2ccccc21. The number of imidazole rings is 1. The highest BCUT2D eigenvalue weighted by atomic mass is 35.5. The van der Waals surface area contributed by atoms with Crippen LogP contribution in [0.1, 0.15) is 19.3 Å². The van der Waals surface area contributed by atoms with E-state index in [2.05, 4.69) is 28.0 Å². The predicted molar refractivity (Wildman–Crippen MR) is 76.2 cm³/mol. The van der Waals surface area contributed by atoms with Crippen LogP contribution in [0.5, 0.6) is 0 Å².